The molecule has 1 atom stereocenters. The number of methoxy groups -OCH3 is 2. The molecule has 0 radical (unpaired) electrons. The molecule has 3 aromatic rings. The molecule has 0 saturated carbocycles. The summed E-state index contributed by atoms with van der Waals surface area (Å²) < 4.78 is 37.5. The van der Waals surface area contributed by atoms with Crippen LogP contribution in [-0.4, -0.2) is 64.7 Å². The zero-order valence-electron chi connectivity index (χ0n) is 23.3. The second-order valence-corrected chi connectivity index (χ2v) is 11.9. The highest BCUT2D eigenvalue weighted by molar-refractivity contribution is 7.92. The number of rotatable bonds is 13. The summed E-state index contributed by atoms with van der Waals surface area (Å²) in [5.41, 5.74) is 1.43. The molecule has 3 aromatic carbocycles. The predicted molar refractivity (Wildman–Crippen MR) is 161 cm³/mol. The number of hydrogen-bond donors (Lipinski definition) is 1. The van der Waals surface area contributed by atoms with Gasteiger partial charge < -0.3 is 19.7 Å². The third-order valence-electron chi connectivity index (χ3n) is 6.35. The average molecular weight is 623 g/mol. The molecule has 9 nitrogen and oxygen atoms in total. The standard InChI is InChI=1S/C29H33Cl2N3O6S/c1-5-32-29(36)25(16-20-10-7-6-8-11-20)33(18-22-23(30)12-9-13-24(22)31)28(35)19-34(41(4,37)38)21-14-15-26(39-2)27(17-21)40-3/h6-15,17,25H,5,16,18-19H2,1-4H3,(H,32,36). The van der Waals surface area contributed by atoms with Crippen LogP contribution in [0, 0.1) is 0 Å². The van der Waals surface area contributed by atoms with E-state index in [1.165, 1.54) is 31.3 Å². The van der Waals surface area contributed by atoms with E-state index in [1.54, 1.807) is 31.2 Å². The SMILES string of the molecule is CCNC(=O)C(Cc1ccccc1)N(Cc1c(Cl)cccc1Cl)C(=O)CN(c1ccc(OC)c(OC)c1)S(C)(=O)=O. The molecule has 220 valence electrons. The van der Waals surface area contributed by atoms with Crippen molar-refractivity contribution < 1.29 is 27.5 Å². The number of halogens is 2. The van der Waals surface area contributed by atoms with Gasteiger partial charge in [0.05, 0.1) is 26.2 Å². The molecule has 41 heavy (non-hydrogen) atoms. The summed E-state index contributed by atoms with van der Waals surface area (Å²) in [7, 11) is -1.08. The van der Waals surface area contributed by atoms with Gasteiger partial charge in [-0.3, -0.25) is 13.9 Å². The van der Waals surface area contributed by atoms with E-state index in [0.717, 1.165) is 16.1 Å². The van der Waals surface area contributed by atoms with Crippen molar-refractivity contribution in [3.63, 3.8) is 0 Å². The number of amides is 2. The molecular formula is C29H33Cl2N3O6S. The van der Waals surface area contributed by atoms with Gasteiger partial charge in [0.2, 0.25) is 21.8 Å². The Balaban J connectivity index is 2.10. The van der Waals surface area contributed by atoms with Crippen LogP contribution in [0.5, 0.6) is 11.5 Å². The summed E-state index contributed by atoms with van der Waals surface area (Å²) in [5, 5.41) is 3.42. The zero-order chi connectivity index (χ0) is 30.2. The van der Waals surface area contributed by atoms with E-state index in [2.05, 4.69) is 5.32 Å². The zero-order valence-corrected chi connectivity index (χ0v) is 25.6. The van der Waals surface area contributed by atoms with E-state index in [4.69, 9.17) is 32.7 Å². The van der Waals surface area contributed by atoms with Crippen LogP contribution < -0.4 is 19.1 Å². The minimum atomic E-state index is -3.96. The van der Waals surface area contributed by atoms with Crippen LogP contribution in [0.4, 0.5) is 5.69 Å². The van der Waals surface area contributed by atoms with Gasteiger partial charge in [0.25, 0.3) is 0 Å². The number of hydrogen-bond acceptors (Lipinski definition) is 6. The lowest BCUT2D eigenvalue weighted by molar-refractivity contribution is -0.140. The summed E-state index contributed by atoms with van der Waals surface area (Å²) >= 11 is 12.9. The van der Waals surface area contributed by atoms with Crippen molar-refractivity contribution in [3.05, 3.63) is 87.9 Å². The molecule has 2 amide bonds. The number of anilines is 1. The van der Waals surface area contributed by atoms with E-state index in [1.807, 2.05) is 30.3 Å². The van der Waals surface area contributed by atoms with E-state index in [-0.39, 0.29) is 24.4 Å². The number of nitrogens with one attached hydrogen (secondary N) is 1. The molecule has 0 spiro atoms. The van der Waals surface area contributed by atoms with Crippen molar-refractivity contribution in [2.75, 3.05) is 37.9 Å². The van der Waals surface area contributed by atoms with Gasteiger partial charge in [-0.15, -0.1) is 0 Å². The number of nitrogens with zero attached hydrogens (tertiary/aromatic N) is 2. The monoisotopic (exact) mass is 621 g/mol. The summed E-state index contributed by atoms with van der Waals surface area (Å²) in [6.45, 7) is 1.38. The largest absolute Gasteiger partial charge is 0.493 e. The first-order chi connectivity index (χ1) is 19.5. The first-order valence-corrected chi connectivity index (χ1v) is 15.3. The van der Waals surface area contributed by atoms with Crippen LogP contribution in [0.3, 0.4) is 0 Å². The fourth-order valence-electron chi connectivity index (χ4n) is 4.29. The highest BCUT2D eigenvalue weighted by atomic mass is 35.5. The third kappa shape index (κ3) is 8.28. The van der Waals surface area contributed by atoms with Crippen molar-refractivity contribution >= 4 is 50.7 Å². The van der Waals surface area contributed by atoms with Gasteiger partial charge in [-0.2, -0.15) is 0 Å². The maximum atomic E-state index is 14.1. The molecule has 0 aromatic heterocycles. The first-order valence-electron chi connectivity index (χ1n) is 12.7. The smallest absolute Gasteiger partial charge is 0.244 e. The van der Waals surface area contributed by atoms with Crippen LogP contribution in [0.2, 0.25) is 10.0 Å². The first kappa shape index (κ1) is 32.0. The maximum Gasteiger partial charge on any atom is 0.244 e. The Kier molecular flexibility index (Phi) is 11.3. The predicted octanol–water partition coefficient (Wildman–Crippen LogP) is 4.55. The molecular weight excluding hydrogens is 589 g/mol. The lowest BCUT2D eigenvalue weighted by Gasteiger charge is -2.34. The number of carbonyl (C=O) groups excluding carboxylic acids is 2. The normalized spacial score (nSPS) is 11.9. The van der Waals surface area contributed by atoms with Crippen LogP contribution in [0.15, 0.2) is 66.7 Å². The van der Waals surface area contributed by atoms with Gasteiger partial charge in [0, 0.05) is 41.2 Å². The van der Waals surface area contributed by atoms with Gasteiger partial charge in [0.15, 0.2) is 11.5 Å². The molecule has 1 unspecified atom stereocenters. The molecule has 0 aliphatic carbocycles. The van der Waals surface area contributed by atoms with Crippen molar-refractivity contribution in [1.29, 1.82) is 0 Å². The van der Waals surface area contributed by atoms with Crippen LogP contribution in [-0.2, 0) is 32.6 Å². The number of benzene rings is 3. The lowest BCUT2D eigenvalue weighted by atomic mass is 10.0. The Hall–Kier alpha value is -3.47. The minimum absolute atomic E-state index is 0.129. The van der Waals surface area contributed by atoms with Gasteiger partial charge in [-0.1, -0.05) is 59.6 Å². The molecule has 0 aliphatic heterocycles. The van der Waals surface area contributed by atoms with Crippen LogP contribution in [0.25, 0.3) is 0 Å². The summed E-state index contributed by atoms with van der Waals surface area (Å²) in [4.78, 5) is 28.9. The van der Waals surface area contributed by atoms with Gasteiger partial charge >= 0.3 is 0 Å². The Morgan fingerprint density at radius 3 is 2.12 bits per heavy atom. The van der Waals surface area contributed by atoms with Crippen molar-refractivity contribution in [1.82, 2.24) is 10.2 Å². The summed E-state index contributed by atoms with van der Waals surface area (Å²) in [6, 6.07) is 17.7. The highest BCUT2D eigenvalue weighted by Gasteiger charge is 2.33. The van der Waals surface area contributed by atoms with E-state index < -0.39 is 34.4 Å². The molecule has 12 heteroatoms. The molecule has 0 aliphatic rings. The van der Waals surface area contributed by atoms with E-state index >= 15 is 0 Å². The van der Waals surface area contributed by atoms with Crippen molar-refractivity contribution in [2.45, 2.75) is 25.9 Å². The fourth-order valence-corrected chi connectivity index (χ4v) is 5.65. The molecule has 1 N–H and O–H groups in total. The fraction of sp³-hybridized carbons (Fsp3) is 0.310. The number of likely N-dealkylation sites (N-methyl/N-ethyl adjacent to an activating group) is 1. The Bertz CT molecular complexity index is 1450. The van der Waals surface area contributed by atoms with E-state index in [9.17, 15) is 18.0 Å². The quantitative estimate of drug-likeness (QED) is 0.300. The number of sulfonamides is 1. The lowest BCUT2D eigenvalue weighted by Crippen LogP contribution is -2.53. The van der Waals surface area contributed by atoms with Crippen LogP contribution >= 0.6 is 23.2 Å². The van der Waals surface area contributed by atoms with Crippen molar-refractivity contribution in [3.8, 4) is 11.5 Å². The average Bonchev–Trinajstić information content (AvgIpc) is 2.94. The van der Waals surface area contributed by atoms with Crippen LogP contribution in [0.1, 0.15) is 18.1 Å². The number of carbonyl (C=O) groups is 2. The van der Waals surface area contributed by atoms with E-state index in [0.29, 0.717) is 27.9 Å². The van der Waals surface area contributed by atoms with Gasteiger partial charge in [-0.05, 0) is 36.8 Å². The van der Waals surface area contributed by atoms with Gasteiger partial charge in [-0.25, -0.2) is 8.42 Å². The second-order valence-electron chi connectivity index (χ2n) is 9.13. The molecule has 0 bridgehead atoms. The molecule has 0 fully saturated rings. The Morgan fingerprint density at radius 1 is 0.927 bits per heavy atom. The maximum absolute atomic E-state index is 14.1. The molecule has 3 rings (SSSR count). The molecule has 0 heterocycles. The van der Waals surface area contributed by atoms with Gasteiger partial charge in [0.1, 0.15) is 12.6 Å². The Labute approximate surface area is 251 Å². The summed E-state index contributed by atoms with van der Waals surface area (Å²) in [5.74, 6) is -0.349. The minimum Gasteiger partial charge on any atom is -0.493 e. The third-order valence-corrected chi connectivity index (χ3v) is 8.20. The highest BCUT2D eigenvalue weighted by Crippen LogP contribution is 2.33. The second kappa shape index (κ2) is 14.4. The van der Waals surface area contributed by atoms with Crippen molar-refractivity contribution in [2.24, 2.45) is 0 Å². The number of ether oxygens (including phenoxy) is 2. The molecule has 0 saturated heterocycles. The topological polar surface area (TPSA) is 105 Å². The summed E-state index contributed by atoms with van der Waals surface area (Å²) in [6.07, 6.45) is 1.17. The Morgan fingerprint density at radius 2 is 1.56 bits per heavy atom.